The molecule has 2 aromatic heterocycles. The number of aryl methyl sites for hydroxylation is 1. The van der Waals surface area contributed by atoms with Gasteiger partial charge in [-0.1, -0.05) is 11.2 Å². The van der Waals surface area contributed by atoms with Crippen molar-refractivity contribution in [2.75, 3.05) is 19.6 Å². The number of halogens is 1. The third kappa shape index (κ3) is 3.22. The molecule has 112 valence electrons. The van der Waals surface area contributed by atoms with Crippen molar-refractivity contribution in [3.63, 3.8) is 0 Å². The number of carbonyl (C=O) groups is 1. The number of pyridine rings is 1. The molecule has 1 aliphatic heterocycles. The van der Waals surface area contributed by atoms with Crippen molar-refractivity contribution in [2.45, 2.75) is 13.0 Å². The van der Waals surface area contributed by atoms with E-state index in [9.17, 15) is 4.79 Å². The summed E-state index contributed by atoms with van der Waals surface area (Å²) in [6, 6.07) is 5.51. The maximum atomic E-state index is 12.6. The van der Waals surface area contributed by atoms with Gasteiger partial charge in [0.15, 0.2) is 5.69 Å². The Labute approximate surface area is 128 Å². The van der Waals surface area contributed by atoms with E-state index in [1.54, 1.807) is 25.4 Å². The van der Waals surface area contributed by atoms with E-state index in [1.807, 2.05) is 17.0 Å². The second-order valence-electron chi connectivity index (χ2n) is 4.83. The monoisotopic (exact) mass is 308 g/mol. The first kappa shape index (κ1) is 15.5. The Bertz CT molecular complexity index is 602. The van der Waals surface area contributed by atoms with Crippen LogP contribution in [0.1, 0.15) is 27.9 Å². The van der Waals surface area contributed by atoms with E-state index >= 15 is 0 Å². The summed E-state index contributed by atoms with van der Waals surface area (Å²) >= 11 is 0. The highest BCUT2D eigenvalue weighted by Gasteiger charge is 2.30. The average Bonchev–Trinajstić information content (AvgIpc) is 2.94. The van der Waals surface area contributed by atoms with Crippen LogP contribution in [0.4, 0.5) is 0 Å². The number of nitrogens with zero attached hydrogens (tertiary/aromatic N) is 3. The lowest BCUT2D eigenvalue weighted by Crippen LogP contribution is -2.48. The zero-order chi connectivity index (χ0) is 13.9. The van der Waals surface area contributed by atoms with Gasteiger partial charge < -0.3 is 14.7 Å². The van der Waals surface area contributed by atoms with Crippen LogP contribution in [0.25, 0.3) is 0 Å². The molecule has 1 unspecified atom stereocenters. The van der Waals surface area contributed by atoms with Crippen molar-refractivity contribution >= 4 is 18.3 Å². The van der Waals surface area contributed by atoms with E-state index in [0.717, 1.165) is 12.1 Å². The lowest BCUT2D eigenvalue weighted by molar-refractivity contribution is 0.0623. The SMILES string of the molecule is Cc1cc(C(=O)N2CCNCC2c2cccnc2)no1.Cl. The molecule has 1 atom stereocenters. The predicted molar refractivity (Wildman–Crippen MR) is 79.4 cm³/mol. The molecular formula is C14H17ClN4O2. The summed E-state index contributed by atoms with van der Waals surface area (Å²) in [5.74, 6) is 0.540. The van der Waals surface area contributed by atoms with E-state index in [4.69, 9.17) is 4.52 Å². The fourth-order valence-electron chi connectivity index (χ4n) is 2.43. The van der Waals surface area contributed by atoms with Crippen molar-refractivity contribution < 1.29 is 9.32 Å². The molecule has 0 spiro atoms. The van der Waals surface area contributed by atoms with Gasteiger partial charge in [0.05, 0.1) is 6.04 Å². The van der Waals surface area contributed by atoms with E-state index in [1.165, 1.54) is 0 Å². The maximum Gasteiger partial charge on any atom is 0.276 e. The summed E-state index contributed by atoms with van der Waals surface area (Å²) < 4.78 is 4.99. The third-order valence-electron chi connectivity index (χ3n) is 3.42. The number of rotatable bonds is 2. The van der Waals surface area contributed by atoms with Crippen LogP contribution in [-0.4, -0.2) is 40.6 Å². The van der Waals surface area contributed by atoms with Crippen LogP contribution in [0.5, 0.6) is 0 Å². The van der Waals surface area contributed by atoms with Gasteiger partial charge in [-0.3, -0.25) is 9.78 Å². The minimum absolute atomic E-state index is 0. The van der Waals surface area contributed by atoms with Gasteiger partial charge in [0, 0.05) is 38.1 Å². The fourth-order valence-corrected chi connectivity index (χ4v) is 2.43. The number of hydrogen-bond acceptors (Lipinski definition) is 5. The number of nitrogens with one attached hydrogen (secondary N) is 1. The first-order valence-corrected chi connectivity index (χ1v) is 6.60. The first-order chi connectivity index (χ1) is 9.75. The number of carbonyl (C=O) groups excluding carboxylic acids is 1. The van der Waals surface area contributed by atoms with Crippen LogP contribution in [0.2, 0.25) is 0 Å². The topological polar surface area (TPSA) is 71.3 Å². The minimum Gasteiger partial charge on any atom is -0.361 e. The van der Waals surface area contributed by atoms with Crippen molar-refractivity contribution in [3.8, 4) is 0 Å². The molecule has 3 rings (SSSR count). The van der Waals surface area contributed by atoms with Crippen molar-refractivity contribution in [2.24, 2.45) is 0 Å². The largest absolute Gasteiger partial charge is 0.361 e. The summed E-state index contributed by atoms with van der Waals surface area (Å²) in [6.45, 7) is 3.91. The Hall–Kier alpha value is -1.92. The molecule has 0 aromatic carbocycles. The molecule has 0 radical (unpaired) electrons. The molecule has 3 heterocycles. The average molecular weight is 309 g/mol. The molecular weight excluding hydrogens is 292 g/mol. The number of aromatic nitrogens is 2. The molecule has 0 aliphatic carbocycles. The smallest absolute Gasteiger partial charge is 0.276 e. The Balaban J connectivity index is 0.00000161. The van der Waals surface area contributed by atoms with Crippen LogP contribution in [0, 0.1) is 6.92 Å². The maximum absolute atomic E-state index is 12.6. The summed E-state index contributed by atoms with van der Waals surface area (Å²) in [7, 11) is 0. The number of piperazine rings is 1. The van der Waals surface area contributed by atoms with Crippen LogP contribution in [0.3, 0.4) is 0 Å². The second-order valence-corrected chi connectivity index (χ2v) is 4.83. The number of amides is 1. The van der Waals surface area contributed by atoms with Gasteiger partial charge in [-0.2, -0.15) is 0 Å². The predicted octanol–water partition coefficient (Wildman–Crippen LogP) is 1.59. The Morgan fingerprint density at radius 1 is 1.52 bits per heavy atom. The standard InChI is InChI=1S/C14H16N4O2.ClH/c1-10-7-12(17-20-10)14(19)18-6-5-16-9-13(18)11-3-2-4-15-8-11;/h2-4,7-8,13,16H,5-6,9H2,1H3;1H. The molecule has 0 bridgehead atoms. The molecule has 1 aliphatic rings. The molecule has 7 heteroatoms. The highest BCUT2D eigenvalue weighted by molar-refractivity contribution is 5.92. The van der Waals surface area contributed by atoms with Crippen molar-refractivity contribution in [3.05, 3.63) is 47.6 Å². The van der Waals surface area contributed by atoms with Gasteiger partial charge in [0.1, 0.15) is 5.76 Å². The highest BCUT2D eigenvalue weighted by Crippen LogP contribution is 2.23. The zero-order valence-corrected chi connectivity index (χ0v) is 12.5. The van der Waals surface area contributed by atoms with Crippen LogP contribution in [-0.2, 0) is 0 Å². The first-order valence-electron chi connectivity index (χ1n) is 6.60. The third-order valence-corrected chi connectivity index (χ3v) is 3.42. The molecule has 1 fully saturated rings. The van der Waals surface area contributed by atoms with Crippen molar-refractivity contribution in [1.29, 1.82) is 0 Å². The molecule has 2 aromatic rings. The van der Waals surface area contributed by atoms with Gasteiger partial charge >= 0.3 is 0 Å². The number of hydrogen-bond donors (Lipinski definition) is 1. The van der Waals surface area contributed by atoms with Crippen molar-refractivity contribution in [1.82, 2.24) is 20.4 Å². The lowest BCUT2D eigenvalue weighted by Gasteiger charge is -2.35. The summed E-state index contributed by atoms with van der Waals surface area (Å²) in [5, 5.41) is 7.13. The Kier molecular flexibility index (Phi) is 4.93. The summed E-state index contributed by atoms with van der Waals surface area (Å²) in [6.07, 6.45) is 3.53. The van der Waals surface area contributed by atoms with Gasteiger partial charge in [-0.25, -0.2) is 0 Å². The van der Waals surface area contributed by atoms with E-state index in [-0.39, 0.29) is 24.4 Å². The molecule has 6 nitrogen and oxygen atoms in total. The normalized spacial score (nSPS) is 18.1. The van der Waals surface area contributed by atoms with Gasteiger partial charge in [-0.05, 0) is 18.6 Å². The lowest BCUT2D eigenvalue weighted by atomic mass is 10.0. The highest BCUT2D eigenvalue weighted by atomic mass is 35.5. The van der Waals surface area contributed by atoms with Gasteiger partial charge in [0.25, 0.3) is 5.91 Å². The summed E-state index contributed by atoms with van der Waals surface area (Å²) in [4.78, 5) is 18.5. The second kappa shape index (κ2) is 6.69. The fraction of sp³-hybridized carbons (Fsp3) is 0.357. The molecule has 1 saturated heterocycles. The minimum atomic E-state index is -0.0998. The molecule has 21 heavy (non-hydrogen) atoms. The van der Waals surface area contributed by atoms with Crippen LogP contribution >= 0.6 is 12.4 Å². The quantitative estimate of drug-likeness (QED) is 0.912. The summed E-state index contributed by atoms with van der Waals surface area (Å²) in [5.41, 5.74) is 1.38. The molecule has 1 amide bonds. The Morgan fingerprint density at radius 2 is 2.38 bits per heavy atom. The van der Waals surface area contributed by atoms with E-state index in [0.29, 0.717) is 24.5 Å². The zero-order valence-electron chi connectivity index (χ0n) is 11.7. The van der Waals surface area contributed by atoms with Crippen LogP contribution < -0.4 is 5.32 Å². The molecule has 0 saturated carbocycles. The molecule has 1 N–H and O–H groups in total. The Morgan fingerprint density at radius 3 is 3.05 bits per heavy atom. The van der Waals surface area contributed by atoms with Gasteiger partial charge in [0.2, 0.25) is 0 Å². The van der Waals surface area contributed by atoms with E-state index in [2.05, 4.69) is 15.5 Å². The van der Waals surface area contributed by atoms with Gasteiger partial charge in [-0.15, -0.1) is 12.4 Å². The van der Waals surface area contributed by atoms with Crippen LogP contribution in [0.15, 0.2) is 35.1 Å². The van der Waals surface area contributed by atoms with E-state index < -0.39 is 0 Å².